The van der Waals surface area contributed by atoms with Crippen molar-refractivity contribution >= 4 is 5.97 Å². The fourth-order valence-corrected chi connectivity index (χ4v) is 1.77. The maximum Gasteiger partial charge on any atom is 0.323 e. The van der Waals surface area contributed by atoms with Gasteiger partial charge in [-0.25, -0.2) is 4.98 Å². The van der Waals surface area contributed by atoms with Crippen LogP contribution in [-0.4, -0.2) is 23.6 Å². The van der Waals surface area contributed by atoms with Crippen LogP contribution in [0.15, 0.2) is 40.9 Å². The summed E-state index contributed by atoms with van der Waals surface area (Å²) >= 11 is 0. The van der Waals surface area contributed by atoms with E-state index in [1.165, 1.54) is 0 Å². The fraction of sp³-hybridized carbons (Fsp3) is 0.375. The van der Waals surface area contributed by atoms with Gasteiger partial charge in [-0.3, -0.25) is 4.79 Å². The van der Waals surface area contributed by atoms with E-state index in [-0.39, 0.29) is 12.3 Å². The molecular formula is C16H20N2O3. The SMILES string of the molecule is CC(C)COC(=O)C(N)Cc1ncc(-c2ccccc2)o1. The molecule has 0 aliphatic carbocycles. The summed E-state index contributed by atoms with van der Waals surface area (Å²) in [4.78, 5) is 15.9. The summed E-state index contributed by atoms with van der Waals surface area (Å²) in [6.07, 6.45) is 1.86. The Hall–Kier alpha value is -2.14. The van der Waals surface area contributed by atoms with Gasteiger partial charge in [-0.15, -0.1) is 0 Å². The number of carbonyl (C=O) groups is 1. The van der Waals surface area contributed by atoms with E-state index in [2.05, 4.69) is 4.98 Å². The third-order valence-corrected chi connectivity index (χ3v) is 2.87. The molecule has 5 heteroatoms. The molecule has 1 aromatic carbocycles. The molecule has 0 saturated heterocycles. The maximum absolute atomic E-state index is 11.7. The predicted molar refractivity (Wildman–Crippen MR) is 79.4 cm³/mol. The summed E-state index contributed by atoms with van der Waals surface area (Å²) in [7, 11) is 0. The average molecular weight is 288 g/mol. The molecule has 0 bridgehead atoms. The molecule has 1 heterocycles. The maximum atomic E-state index is 11.7. The molecule has 0 radical (unpaired) electrons. The molecule has 2 aromatic rings. The summed E-state index contributed by atoms with van der Waals surface area (Å²) in [5.41, 5.74) is 6.75. The monoisotopic (exact) mass is 288 g/mol. The molecule has 0 spiro atoms. The van der Waals surface area contributed by atoms with E-state index in [0.717, 1.165) is 5.56 Å². The van der Waals surface area contributed by atoms with E-state index in [1.807, 2.05) is 44.2 Å². The highest BCUT2D eigenvalue weighted by Crippen LogP contribution is 2.20. The number of nitrogens with two attached hydrogens (primary N) is 1. The smallest absolute Gasteiger partial charge is 0.323 e. The van der Waals surface area contributed by atoms with E-state index in [4.69, 9.17) is 14.9 Å². The Morgan fingerprint density at radius 2 is 2.05 bits per heavy atom. The molecule has 0 amide bonds. The first-order valence-corrected chi connectivity index (χ1v) is 6.98. The van der Waals surface area contributed by atoms with Crippen LogP contribution in [0, 0.1) is 5.92 Å². The van der Waals surface area contributed by atoms with Crippen molar-refractivity contribution in [2.45, 2.75) is 26.3 Å². The van der Waals surface area contributed by atoms with Crippen LogP contribution in [0.5, 0.6) is 0 Å². The van der Waals surface area contributed by atoms with E-state index >= 15 is 0 Å². The van der Waals surface area contributed by atoms with Gasteiger partial charge in [0.15, 0.2) is 11.7 Å². The Bertz CT molecular complexity index is 578. The van der Waals surface area contributed by atoms with Crippen molar-refractivity contribution in [1.29, 1.82) is 0 Å². The second-order valence-electron chi connectivity index (χ2n) is 5.32. The van der Waals surface area contributed by atoms with E-state index in [9.17, 15) is 4.79 Å². The number of rotatable bonds is 6. The topological polar surface area (TPSA) is 78.4 Å². The van der Waals surface area contributed by atoms with Gasteiger partial charge in [-0.1, -0.05) is 44.2 Å². The Labute approximate surface area is 124 Å². The number of hydrogen-bond acceptors (Lipinski definition) is 5. The molecule has 2 N–H and O–H groups in total. The summed E-state index contributed by atoms with van der Waals surface area (Å²) in [5, 5.41) is 0. The standard InChI is InChI=1S/C16H20N2O3/c1-11(2)10-20-16(19)13(17)8-15-18-9-14(21-15)12-6-4-3-5-7-12/h3-7,9,11,13H,8,10,17H2,1-2H3. The van der Waals surface area contributed by atoms with Crippen molar-refractivity contribution < 1.29 is 13.9 Å². The molecule has 0 saturated carbocycles. The van der Waals surface area contributed by atoms with Crippen LogP contribution in [0.2, 0.25) is 0 Å². The fourth-order valence-electron chi connectivity index (χ4n) is 1.77. The number of esters is 1. The van der Waals surface area contributed by atoms with Crippen LogP contribution in [0.25, 0.3) is 11.3 Å². The zero-order valence-corrected chi connectivity index (χ0v) is 12.3. The minimum Gasteiger partial charge on any atom is -0.464 e. The summed E-state index contributed by atoms with van der Waals surface area (Å²) in [6, 6.07) is 8.88. The molecule has 0 aliphatic rings. The number of nitrogens with zero attached hydrogens (tertiary/aromatic N) is 1. The molecule has 0 fully saturated rings. The van der Waals surface area contributed by atoms with Crippen molar-refractivity contribution in [2.24, 2.45) is 11.7 Å². The minimum atomic E-state index is -0.758. The Morgan fingerprint density at radius 1 is 1.33 bits per heavy atom. The highest BCUT2D eigenvalue weighted by atomic mass is 16.5. The van der Waals surface area contributed by atoms with Crippen LogP contribution < -0.4 is 5.73 Å². The predicted octanol–water partition coefficient (Wildman–Crippen LogP) is 2.41. The number of hydrogen-bond donors (Lipinski definition) is 1. The third kappa shape index (κ3) is 4.43. The van der Waals surface area contributed by atoms with Crippen LogP contribution in [0.3, 0.4) is 0 Å². The number of aromatic nitrogens is 1. The zero-order valence-electron chi connectivity index (χ0n) is 12.3. The van der Waals surface area contributed by atoms with Gasteiger partial charge in [-0.2, -0.15) is 0 Å². The van der Waals surface area contributed by atoms with Gasteiger partial charge in [0.25, 0.3) is 0 Å². The second-order valence-corrected chi connectivity index (χ2v) is 5.32. The first kappa shape index (κ1) is 15.3. The van der Waals surface area contributed by atoms with Gasteiger partial charge in [0, 0.05) is 5.56 Å². The largest absolute Gasteiger partial charge is 0.464 e. The van der Waals surface area contributed by atoms with Crippen LogP contribution >= 0.6 is 0 Å². The lowest BCUT2D eigenvalue weighted by Gasteiger charge is -2.11. The zero-order chi connectivity index (χ0) is 15.2. The molecule has 2 rings (SSSR count). The molecule has 1 atom stereocenters. The van der Waals surface area contributed by atoms with Gasteiger partial charge in [0.1, 0.15) is 6.04 Å². The van der Waals surface area contributed by atoms with Gasteiger partial charge in [-0.05, 0) is 5.92 Å². The van der Waals surface area contributed by atoms with Gasteiger partial charge in [0.05, 0.1) is 19.2 Å². The number of oxazole rings is 1. The highest BCUT2D eigenvalue weighted by Gasteiger charge is 2.19. The van der Waals surface area contributed by atoms with Gasteiger partial charge in [0.2, 0.25) is 0 Å². The average Bonchev–Trinajstić information content (AvgIpc) is 2.94. The van der Waals surface area contributed by atoms with Gasteiger partial charge < -0.3 is 14.9 Å². The number of benzene rings is 1. The van der Waals surface area contributed by atoms with Crippen LogP contribution in [-0.2, 0) is 16.0 Å². The molecule has 5 nitrogen and oxygen atoms in total. The van der Waals surface area contributed by atoms with E-state index < -0.39 is 12.0 Å². The molecule has 112 valence electrons. The molecule has 1 aromatic heterocycles. The summed E-state index contributed by atoms with van der Waals surface area (Å²) in [5.74, 6) is 0.951. The normalized spacial score (nSPS) is 12.4. The molecular weight excluding hydrogens is 268 g/mol. The van der Waals surface area contributed by atoms with Crippen molar-refractivity contribution in [3.63, 3.8) is 0 Å². The number of ether oxygens (including phenoxy) is 1. The van der Waals surface area contributed by atoms with E-state index in [1.54, 1.807) is 6.20 Å². The second kappa shape index (κ2) is 7.04. The lowest BCUT2D eigenvalue weighted by molar-refractivity contribution is -0.146. The lowest BCUT2D eigenvalue weighted by Crippen LogP contribution is -2.35. The summed E-state index contributed by atoms with van der Waals surface area (Å²) < 4.78 is 10.7. The number of carbonyl (C=O) groups excluding carboxylic acids is 1. The first-order chi connectivity index (χ1) is 10.1. The van der Waals surface area contributed by atoms with Crippen molar-refractivity contribution in [3.05, 3.63) is 42.4 Å². The van der Waals surface area contributed by atoms with Crippen molar-refractivity contribution in [3.8, 4) is 11.3 Å². The van der Waals surface area contributed by atoms with Crippen molar-refractivity contribution in [1.82, 2.24) is 4.98 Å². The van der Waals surface area contributed by atoms with Gasteiger partial charge >= 0.3 is 5.97 Å². The quantitative estimate of drug-likeness (QED) is 0.826. The van der Waals surface area contributed by atoms with Crippen molar-refractivity contribution in [2.75, 3.05) is 6.61 Å². The van der Waals surface area contributed by atoms with E-state index in [0.29, 0.717) is 18.3 Å². The van der Waals surface area contributed by atoms with Crippen LogP contribution in [0.1, 0.15) is 19.7 Å². The Kier molecular flexibility index (Phi) is 5.11. The first-order valence-electron chi connectivity index (χ1n) is 6.98. The molecule has 1 unspecified atom stereocenters. The minimum absolute atomic E-state index is 0.226. The third-order valence-electron chi connectivity index (χ3n) is 2.87. The van der Waals surface area contributed by atoms with Crippen LogP contribution in [0.4, 0.5) is 0 Å². The summed E-state index contributed by atoms with van der Waals surface area (Å²) in [6.45, 7) is 4.31. The highest BCUT2D eigenvalue weighted by molar-refractivity contribution is 5.75. The Balaban J connectivity index is 1.95. The Morgan fingerprint density at radius 3 is 2.71 bits per heavy atom. The molecule has 21 heavy (non-hydrogen) atoms. The molecule has 0 aliphatic heterocycles. The lowest BCUT2D eigenvalue weighted by atomic mass is 10.2.